The van der Waals surface area contributed by atoms with Gasteiger partial charge in [0.15, 0.2) is 0 Å². The lowest BCUT2D eigenvalue weighted by molar-refractivity contribution is 0.623. The van der Waals surface area contributed by atoms with Gasteiger partial charge in [0.2, 0.25) is 0 Å². The van der Waals surface area contributed by atoms with Gasteiger partial charge in [-0.1, -0.05) is 23.9 Å². The molecule has 0 aliphatic heterocycles. The number of allylic oxidation sites excluding steroid dienone is 1. The molecule has 0 atom stereocenters. The van der Waals surface area contributed by atoms with Crippen molar-refractivity contribution in [3.05, 3.63) is 41.1 Å². The topological polar surface area (TPSA) is 0 Å². The lowest BCUT2D eigenvalue weighted by Gasteiger charge is -2.00. The van der Waals surface area contributed by atoms with Gasteiger partial charge in [0.25, 0.3) is 0 Å². The Morgan fingerprint density at radius 1 is 1.42 bits per heavy atom. The fourth-order valence-electron chi connectivity index (χ4n) is 0.842. The highest BCUT2D eigenvalue weighted by molar-refractivity contribution is 8.02. The third kappa shape index (κ3) is 2.38. The highest BCUT2D eigenvalue weighted by Gasteiger charge is 1.97. The van der Waals surface area contributed by atoms with E-state index in [1.54, 1.807) is 23.9 Å². The van der Waals surface area contributed by atoms with Crippen molar-refractivity contribution in [2.75, 3.05) is 0 Å². The monoisotopic (exact) mass is 182 g/mol. The first-order valence-electron chi connectivity index (χ1n) is 3.78. The highest BCUT2D eigenvalue weighted by atomic mass is 32.2. The minimum absolute atomic E-state index is 0.174. The highest BCUT2D eigenvalue weighted by Crippen LogP contribution is 2.23. The van der Waals surface area contributed by atoms with Gasteiger partial charge in [0.05, 0.1) is 0 Å². The lowest BCUT2D eigenvalue weighted by Crippen LogP contribution is -1.79. The Morgan fingerprint density at radius 2 is 2.17 bits per heavy atom. The van der Waals surface area contributed by atoms with Crippen LogP contribution >= 0.6 is 11.8 Å². The van der Waals surface area contributed by atoms with Crippen LogP contribution in [0.2, 0.25) is 0 Å². The summed E-state index contributed by atoms with van der Waals surface area (Å²) in [5.41, 5.74) is 1.11. The molecular formula is C10H11FS. The summed E-state index contributed by atoms with van der Waals surface area (Å²) in [4.78, 5) is 0.980. The van der Waals surface area contributed by atoms with E-state index >= 15 is 0 Å². The predicted molar refractivity (Wildman–Crippen MR) is 51.8 cm³/mol. The van der Waals surface area contributed by atoms with Crippen molar-refractivity contribution in [3.8, 4) is 0 Å². The maximum Gasteiger partial charge on any atom is 0.124 e. The van der Waals surface area contributed by atoms with Gasteiger partial charge in [-0.05, 0) is 37.0 Å². The van der Waals surface area contributed by atoms with E-state index in [4.69, 9.17) is 0 Å². The van der Waals surface area contributed by atoms with Crippen molar-refractivity contribution in [2.24, 2.45) is 0 Å². The van der Waals surface area contributed by atoms with Crippen LogP contribution in [0, 0.1) is 12.7 Å². The van der Waals surface area contributed by atoms with Crippen LogP contribution in [0.4, 0.5) is 4.39 Å². The summed E-state index contributed by atoms with van der Waals surface area (Å²) in [6.45, 7) is 3.92. The van der Waals surface area contributed by atoms with Crippen LogP contribution in [0.5, 0.6) is 0 Å². The molecule has 0 N–H and O–H groups in total. The van der Waals surface area contributed by atoms with E-state index in [9.17, 15) is 4.39 Å². The zero-order valence-corrected chi connectivity index (χ0v) is 7.99. The normalized spacial score (nSPS) is 10.9. The van der Waals surface area contributed by atoms with Crippen LogP contribution in [-0.2, 0) is 0 Å². The van der Waals surface area contributed by atoms with Crippen molar-refractivity contribution >= 4 is 11.8 Å². The Bertz CT molecular complexity index is 292. The minimum Gasteiger partial charge on any atom is -0.207 e. The van der Waals surface area contributed by atoms with Gasteiger partial charge in [0, 0.05) is 4.90 Å². The molecule has 0 aliphatic carbocycles. The molecule has 0 radical (unpaired) electrons. The second-order valence-electron chi connectivity index (χ2n) is 2.50. The summed E-state index contributed by atoms with van der Waals surface area (Å²) in [6.07, 6.45) is 1.94. The maximum absolute atomic E-state index is 12.7. The molecule has 0 saturated heterocycles. The van der Waals surface area contributed by atoms with Crippen molar-refractivity contribution in [1.82, 2.24) is 0 Å². The molecule has 1 aromatic carbocycles. The molecule has 0 aliphatic rings. The standard InChI is InChI=1S/C10H11FS/c1-3-6-12-10-7-9(11)5-4-8(10)2/h3-7H,1-2H3/b6-3+. The summed E-state index contributed by atoms with van der Waals surface area (Å²) in [5, 5.41) is 1.95. The number of hydrogen-bond donors (Lipinski definition) is 0. The van der Waals surface area contributed by atoms with Crippen molar-refractivity contribution in [2.45, 2.75) is 18.7 Å². The predicted octanol–water partition coefficient (Wildman–Crippen LogP) is 3.76. The van der Waals surface area contributed by atoms with Crippen molar-refractivity contribution < 1.29 is 4.39 Å². The quantitative estimate of drug-likeness (QED) is 0.627. The fourth-order valence-corrected chi connectivity index (χ4v) is 1.56. The van der Waals surface area contributed by atoms with Gasteiger partial charge in [-0.3, -0.25) is 0 Å². The summed E-state index contributed by atoms with van der Waals surface area (Å²) in [7, 11) is 0. The lowest BCUT2D eigenvalue weighted by atomic mass is 10.2. The molecule has 0 spiro atoms. The van der Waals surface area contributed by atoms with Gasteiger partial charge in [-0.15, -0.1) is 0 Å². The summed E-state index contributed by atoms with van der Waals surface area (Å²) in [5.74, 6) is -0.174. The smallest absolute Gasteiger partial charge is 0.124 e. The van der Waals surface area contributed by atoms with Gasteiger partial charge in [-0.2, -0.15) is 0 Å². The average molecular weight is 182 g/mol. The van der Waals surface area contributed by atoms with Crippen LogP contribution in [0.25, 0.3) is 0 Å². The molecular weight excluding hydrogens is 171 g/mol. The molecule has 0 amide bonds. The number of thioether (sulfide) groups is 1. The van der Waals surface area contributed by atoms with Crippen molar-refractivity contribution in [3.63, 3.8) is 0 Å². The number of benzene rings is 1. The second-order valence-corrected chi connectivity index (χ2v) is 3.44. The Hall–Kier alpha value is -0.760. The van der Waals surface area contributed by atoms with E-state index in [-0.39, 0.29) is 5.82 Å². The van der Waals surface area contributed by atoms with E-state index in [1.165, 1.54) is 6.07 Å². The second kappa shape index (κ2) is 4.31. The third-order valence-corrected chi connectivity index (χ3v) is 2.58. The Morgan fingerprint density at radius 3 is 2.83 bits per heavy atom. The Kier molecular flexibility index (Phi) is 3.35. The molecule has 0 unspecified atom stereocenters. The summed E-state index contributed by atoms with van der Waals surface area (Å²) < 4.78 is 12.7. The van der Waals surface area contributed by atoms with Gasteiger partial charge >= 0.3 is 0 Å². The zero-order chi connectivity index (χ0) is 8.97. The molecule has 0 saturated carbocycles. The SMILES string of the molecule is C/C=C/Sc1cc(F)ccc1C. The fraction of sp³-hybridized carbons (Fsp3) is 0.200. The average Bonchev–Trinajstić information content (AvgIpc) is 2.07. The van der Waals surface area contributed by atoms with Gasteiger partial charge in [-0.25, -0.2) is 4.39 Å². The van der Waals surface area contributed by atoms with Crippen LogP contribution in [-0.4, -0.2) is 0 Å². The van der Waals surface area contributed by atoms with Gasteiger partial charge in [0.1, 0.15) is 5.82 Å². The molecule has 1 rings (SSSR count). The first-order chi connectivity index (χ1) is 5.74. The molecule has 0 fully saturated rings. The van der Waals surface area contributed by atoms with E-state index in [1.807, 2.05) is 25.3 Å². The molecule has 2 heteroatoms. The Labute approximate surface area is 76.5 Å². The number of halogens is 1. The van der Waals surface area contributed by atoms with E-state index in [0.717, 1.165) is 10.5 Å². The Balaban J connectivity index is 2.89. The number of hydrogen-bond acceptors (Lipinski definition) is 1. The first-order valence-corrected chi connectivity index (χ1v) is 4.66. The summed E-state index contributed by atoms with van der Waals surface area (Å²) in [6, 6.07) is 4.83. The van der Waals surface area contributed by atoms with Crippen LogP contribution in [0.3, 0.4) is 0 Å². The molecule has 12 heavy (non-hydrogen) atoms. The first kappa shape index (κ1) is 9.33. The molecule has 0 nitrogen and oxygen atoms in total. The molecule has 1 aromatic rings. The van der Waals surface area contributed by atoms with Gasteiger partial charge < -0.3 is 0 Å². The van der Waals surface area contributed by atoms with Crippen molar-refractivity contribution in [1.29, 1.82) is 0 Å². The van der Waals surface area contributed by atoms with E-state index < -0.39 is 0 Å². The van der Waals surface area contributed by atoms with Crippen LogP contribution in [0.15, 0.2) is 34.6 Å². The van der Waals surface area contributed by atoms with E-state index in [2.05, 4.69) is 0 Å². The van der Waals surface area contributed by atoms with E-state index in [0.29, 0.717) is 0 Å². The molecule has 0 heterocycles. The zero-order valence-electron chi connectivity index (χ0n) is 7.17. The molecule has 0 bridgehead atoms. The third-order valence-electron chi connectivity index (χ3n) is 1.48. The van der Waals surface area contributed by atoms with Crippen LogP contribution < -0.4 is 0 Å². The molecule has 64 valence electrons. The molecule has 0 aromatic heterocycles. The number of aryl methyl sites for hydroxylation is 1. The summed E-state index contributed by atoms with van der Waals surface area (Å²) >= 11 is 1.54. The van der Waals surface area contributed by atoms with Crippen LogP contribution in [0.1, 0.15) is 12.5 Å². The minimum atomic E-state index is -0.174. The number of rotatable bonds is 2. The maximum atomic E-state index is 12.7. The largest absolute Gasteiger partial charge is 0.207 e.